The van der Waals surface area contributed by atoms with Crippen LogP contribution in [0, 0.1) is 0 Å². The lowest BCUT2D eigenvalue weighted by molar-refractivity contribution is -0.136. The Balaban J connectivity index is 3.31. The van der Waals surface area contributed by atoms with Gasteiger partial charge in [-0.1, -0.05) is 0 Å². The van der Waals surface area contributed by atoms with Crippen molar-refractivity contribution in [1.29, 1.82) is 0 Å². The molecule has 0 aliphatic heterocycles. The maximum atomic E-state index is 11.6. The van der Waals surface area contributed by atoms with E-state index in [0.29, 0.717) is 0 Å². The number of amides is 1. The minimum absolute atomic E-state index is 0.0539. The molecule has 0 atom stereocenters. The first-order valence-electron chi connectivity index (χ1n) is 3.99. The van der Waals surface area contributed by atoms with Gasteiger partial charge in [0.15, 0.2) is 0 Å². The van der Waals surface area contributed by atoms with Crippen LogP contribution in [0.2, 0.25) is 0 Å². The van der Waals surface area contributed by atoms with Crippen LogP contribution in [0.25, 0.3) is 0 Å². The van der Waals surface area contributed by atoms with Crippen molar-refractivity contribution >= 4 is 5.91 Å². The van der Waals surface area contributed by atoms with Crippen molar-refractivity contribution in [2.75, 3.05) is 13.1 Å². The van der Waals surface area contributed by atoms with E-state index in [1.54, 1.807) is 0 Å². The quantitative estimate of drug-likeness (QED) is 0.642. The fourth-order valence-electron chi connectivity index (χ4n) is 0.736. The van der Waals surface area contributed by atoms with Crippen molar-refractivity contribution in [3.05, 3.63) is 0 Å². The van der Waals surface area contributed by atoms with Crippen molar-refractivity contribution in [2.45, 2.75) is 25.4 Å². The Hall–Kier alpha value is -0.780. The van der Waals surface area contributed by atoms with Crippen molar-refractivity contribution in [1.82, 2.24) is 5.32 Å². The Kier molecular flexibility index (Phi) is 5.45. The first-order chi connectivity index (χ1) is 5.95. The molecule has 1 amide bonds. The molecule has 3 nitrogen and oxygen atoms in total. The topological polar surface area (TPSA) is 55.1 Å². The summed E-state index contributed by atoms with van der Waals surface area (Å²) in [4.78, 5) is 10.7. The summed E-state index contributed by atoms with van der Waals surface area (Å²) in [7, 11) is 0. The van der Waals surface area contributed by atoms with Crippen LogP contribution in [0.4, 0.5) is 13.2 Å². The highest BCUT2D eigenvalue weighted by Gasteiger charge is 2.25. The molecule has 0 aromatic heterocycles. The summed E-state index contributed by atoms with van der Waals surface area (Å²) in [6, 6.07) is 0. The third-order valence-electron chi connectivity index (χ3n) is 1.33. The Labute approximate surface area is 74.5 Å². The number of hydrogen-bond acceptors (Lipinski definition) is 2. The lowest BCUT2D eigenvalue weighted by atomic mass is 10.3. The smallest absolute Gasteiger partial charge is 0.356 e. The molecule has 6 heteroatoms. The third kappa shape index (κ3) is 9.13. The number of carbonyl (C=O) groups is 1. The second-order valence-electron chi connectivity index (χ2n) is 2.61. The van der Waals surface area contributed by atoms with Crippen molar-refractivity contribution in [2.24, 2.45) is 5.73 Å². The molecule has 0 aliphatic rings. The monoisotopic (exact) mass is 198 g/mol. The molecule has 0 aromatic rings. The van der Waals surface area contributed by atoms with Gasteiger partial charge in [0.2, 0.25) is 5.91 Å². The number of halogens is 3. The molecule has 78 valence electrons. The molecule has 0 aliphatic carbocycles. The van der Waals surface area contributed by atoms with Crippen LogP contribution < -0.4 is 11.1 Å². The van der Waals surface area contributed by atoms with Gasteiger partial charge in [0.05, 0.1) is 0 Å². The number of carbonyl (C=O) groups excluding carboxylic acids is 1. The average molecular weight is 198 g/mol. The maximum Gasteiger partial charge on any atom is 0.389 e. The largest absolute Gasteiger partial charge is 0.389 e. The highest BCUT2D eigenvalue weighted by atomic mass is 19.4. The molecule has 0 aromatic carbocycles. The molecule has 0 unspecified atom stereocenters. The minimum atomic E-state index is -4.14. The summed E-state index contributed by atoms with van der Waals surface area (Å²) in [6.07, 6.45) is -4.93. The molecule has 0 saturated heterocycles. The van der Waals surface area contributed by atoms with Gasteiger partial charge >= 0.3 is 6.18 Å². The Morgan fingerprint density at radius 1 is 1.38 bits per heavy atom. The molecule has 3 N–H and O–H groups in total. The summed E-state index contributed by atoms with van der Waals surface area (Å²) in [5, 5.41) is 2.34. The van der Waals surface area contributed by atoms with Crippen molar-refractivity contribution in [3.63, 3.8) is 0 Å². The standard InChI is InChI=1S/C7H13F3N2O/c8-7(9,10)3-1-5-12-6(13)2-4-11/h1-5,11H2,(H,12,13). The number of alkyl halides is 3. The van der Waals surface area contributed by atoms with Crippen molar-refractivity contribution < 1.29 is 18.0 Å². The van der Waals surface area contributed by atoms with Crippen LogP contribution in [0.3, 0.4) is 0 Å². The van der Waals surface area contributed by atoms with Gasteiger partial charge in [-0.25, -0.2) is 0 Å². The van der Waals surface area contributed by atoms with Gasteiger partial charge in [0.1, 0.15) is 0 Å². The molecule has 0 rings (SSSR count). The molecule has 0 radical (unpaired) electrons. The average Bonchev–Trinajstić information content (AvgIpc) is 1.97. The van der Waals surface area contributed by atoms with Gasteiger partial charge in [-0.05, 0) is 6.42 Å². The predicted molar refractivity (Wildman–Crippen MR) is 42.0 cm³/mol. The van der Waals surface area contributed by atoms with Crippen LogP contribution in [0.5, 0.6) is 0 Å². The fourth-order valence-corrected chi connectivity index (χ4v) is 0.736. The van der Waals surface area contributed by atoms with Crippen LogP contribution in [0.1, 0.15) is 19.3 Å². The summed E-state index contributed by atoms with van der Waals surface area (Å²) < 4.78 is 34.8. The lowest BCUT2D eigenvalue weighted by Gasteiger charge is -2.06. The number of hydrogen-bond donors (Lipinski definition) is 2. The fraction of sp³-hybridized carbons (Fsp3) is 0.857. The van der Waals surface area contributed by atoms with Crippen LogP contribution in [0.15, 0.2) is 0 Å². The zero-order valence-electron chi connectivity index (χ0n) is 7.16. The molecular weight excluding hydrogens is 185 g/mol. The minimum Gasteiger partial charge on any atom is -0.356 e. The molecule has 13 heavy (non-hydrogen) atoms. The van der Waals surface area contributed by atoms with E-state index >= 15 is 0 Å². The van der Waals surface area contributed by atoms with E-state index in [1.165, 1.54) is 0 Å². The first kappa shape index (κ1) is 12.2. The van der Waals surface area contributed by atoms with E-state index in [-0.39, 0.29) is 31.8 Å². The number of nitrogens with two attached hydrogens (primary N) is 1. The summed E-state index contributed by atoms with van der Waals surface area (Å²) >= 11 is 0. The third-order valence-corrected chi connectivity index (χ3v) is 1.33. The zero-order chi connectivity index (χ0) is 10.3. The Bertz CT molecular complexity index is 158. The zero-order valence-corrected chi connectivity index (χ0v) is 7.16. The SMILES string of the molecule is NCCC(=O)NCCCC(F)(F)F. The summed E-state index contributed by atoms with van der Waals surface area (Å²) in [5.74, 6) is -0.301. The van der Waals surface area contributed by atoms with E-state index in [1.807, 2.05) is 0 Å². The number of rotatable bonds is 5. The van der Waals surface area contributed by atoms with Crippen LogP contribution >= 0.6 is 0 Å². The molecule has 0 bridgehead atoms. The van der Waals surface area contributed by atoms with Gasteiger partial charge in [-0.3, -0.25) is 4.79 Å². The second-order valence-corrected chi connectivity index (χ2v) is 2.61. The second kappa shape index (κ2) is 5.80. The molecule has 0 saturated carbocycles. The summed E-state index contributed by atoms with van der Waals surface area (Å²) in [6.45, 7) is 0.267. The number of nitrogens with one attached hydrogen (secondary N) is 1. The highest BCUT2D eigenvalue weighted by molar-refractivity contribution is 5.75. The van der Waals surface area contributed by atoms with Gasteiger partial charge in [0.25, 0.3) is 0 Å². The van der Waals surface area contributed by atoms with Crippen LogP contribution in [-0.4, -0.2) is 25.2 Å². The van der Waals surface area contributed by atoms with Gasteiger partial charge < -0.3 is 11.1 Å². The van der Waals surface area contributed by atoms with E-state index < -0.39 is 12.6 Å². The Morgan fingerprint density at radius 2 is 2.00 bits per heavy atom. The van der Waals surface area contributed by atoms with Gasteiger partial charge in [-0.2, -0.15) is 13.2 Å². The van der Waals surface area contributed by atoms with E-state index in [0.717, 1.165) is 0 Å². The normalized spacial score (nSPS) is 11.4. The maximum absolute atomic E-state index is 11.6. The van der Waals surface area contributed by atoms with Gasteiger partial charge in [0, 0.05) is 25.9 Å². The van der Waals surface area contributed by atoms with E-state index in [2.05, 4.69) is 5.32 Å². The predicted octanol–water partition coefficient (Wildman–Crippen LogP) is 0.794. The first-order valence-corrected chi connectivity index (χ1v) is 3.99. The Morgan fingerprint density at radius 3 is 2.46 bits per heavy atom. The van der Waals surface area contributed by atoms with Crippen molar-refractivity contribution in [3.8, 4) is 0 Å². The molecule has 0 heterocycles. The van der Waals surface area contributed by atoms with E-state index in [4.69, 9.17) is 5.73 Å². The van der Waals surface area contributed by atoms with E-state index in [9.17, 15) is 18.0 Å². The highest BCUT2D eigenvalue weighted by Crippen LogP contribution is 2.20. The molecular formula is C7H13F3N2O. The molecule has 0 fully saturated rings. The van der Waals surface area contributed by atoms with Crippen LogP contribution in [-0.2, 0) is 4.79 Å². The van der Waals surface area contributed by atoms with Gasteiger partial charge in [-0.15, -0.1) is 0 Å². The molecule has 0 spiro atoms. The summed E-state index contributed by atoms with van der Waals surface area (Å²) in [5.41, 5.74) is 5.06. The lowest BCUT2D eigenvalue weighted by Crippen LogP contribution is -2.27.